The predicted molar refractivity (Wildman–Crippen MR) is 135 cm³/mol. The van der Waals surface area contributed by atoms with Gasteiger partial charge in [0.05, 0.1) is 54.1 Å². The molecule has 1 aliphatic heterocycles. The van der Waals surface area contributed by atoms with Gasteiger partial charge in [-0.25, -0.2) is 9.50 Å². The first-order valence-corrected chi connectivity index (χ1v) is 12.0. The van der Waals surface area contributed by atoms with Gasteiger partial charge in [0.25, 0.3) is 5.91 Å². The highest BCUT2D eigenvalue weighted by atomic mass is 16.5. The van der Waals surface area contributed by atoms with Gasteiger partial charge < -0.3 is 20.5 Å². The van der Waals surface area contributed by atoms with Gasteiger partial charge >= 0.3 is 0 Å². The standard InChI is InChI=1S/C25H25N9O3/c1-2-37-14-8-17(23-18-9-30-31-25(18)32-34(23)12-14)19-10-29-21(11-28-19)33-7-5-15(20(35)13-33)16-4-3-6-27-22(16)24(26)36/h3-4,6,8-12,15,20,35H,2,5,7,13H2,1H3,(H2,26,36)(H,31,32)/t15-,20+/m0/s1. The van der Waals surface area contributed by atoms with Crippen LogP contribution in [0.5, 0.6) is 5.75 Å². The second-order valence-corrected chi connectivity index (χ2v) is 8.92. The van der Waals surface area contributed by atoms with Crippen molar-refractivity contribution in [3.05, 3.63) is 60.4 Å². The van der Waals surface area contributed by atoms with Gasteiger partial charge in [0, 0.05) is 30.8 Å². The number of piperidine rings is 1. The van der Waals surface area contributed by atoms with Crippen LogP contribution in [-0.2, 0) is 0 Å². The summed E-state index contributed by atoms with van der Waals surface area (Å²) in [4.78, 5) is 27.3. The van der Waals surface area contributed by atoms with Gasteiger partial charge in [0.2, 0.25) is 0 Å². The summed E-state index contributed by atoms with van der Waals surface area (Å²) < 4.78 is 7.51. The Hall–Kier alpha value is -4.58. The highest BCUT2D eigenvalue weighted by Gasteiger charge is 2.32. The zero-order chi connectivity index (χ0) is 25.5. The van der Waals surface area contributed by atoms with Crippen LogP contribution in [0.4, 0.5) is 5.82 Å². The first-order chi connectivity index (χ1) is 18.0. The molecule has 1 saturated heterocycles. The number of fused-ring (bicyclic) bond motifs is 3. The summed E-state index contributed by atoms with van der Waals surface area (Å²) in [7, 11) is 0. The van der Waals surface area contributed by atoms with Crippen molar-refractivity contribution >= 4 is 28.3 Å². The second kappa shape index (κ2) is 9.13. The third kappa shape index (κ3) is 4.00. The van der Waals surface area contributed by atoms with Crippen molar-refractivity contribution in [1.29, 1.82) is 0 Å². The first kappa shape index (κ1) is 22.9. The minimum atomic E-state index is -0.721. The van der Waals surface area contributed by atoms with E-state index in [4.69, 9.17) is 15.5 Å². The van der Waals surface area contributed by atoms with Crippen molar-refractivity contribution < 1.29 is 14.6 Å². The molecular formula is C25H25N9O3. The molecule has 5 aromatic heterocycles. The Morgan fingerprint density at radius 3 is 2.92 bits per heavy atom. The van der Waals surface area contributed by atoms with Gasteiger partial charge in [-0.05, 0) is 31.0 Å². The number of nitrogens with two attached hydrogens (primary N) is 1. The van der Waals surface area contributed by atoms with Crippen molar-refractivity contribution in [1.82, 2.24) is 34.8 Å². The van der Waals surface area contributed by atoms with Crippen molar-refractivity contribution in [3.8, 4) is 17.0 Å². The number of carbonyl (C=O) groups excluding carboxylic acids is 1. The number of aliphatic hydroxyl groups excluding tert-OH is 1. The lowest BCUT2D eigenvalue weighted by Gasteiger charge is -2.37. The smallest absolute Gasteiger partial charge is 0.267 e. The van der Waals surface area contributed by atoms with Crippen LogP contribution in [0.15, 0.2) is 49.2 Å². The average Bonchev–Trinajstić information content (AvgIpc) is 3.50. The number of hydrogen-bond donors (Lipinski definition) is 3. The fourth-order valence-corrected chi connectivity index (χ4v) is 5.03. The Morgan fingerprint density at radius 1 is 1.27 bits per heavy atom. The minimum Gasteiger partial charge on any atom is -0.492 e. The van der Waals surface area contributed by atoms with Gasteiger partial charge in [-0.1, -0.05) is 6.07 Å². The minimum absolute atomic E-state index is 0.205. The van der Waals surface area contributed by atoms with Gasteiger partial charge in [-0.3, -0.25) is 19.9 Å². The molecule has 6 rings (SSSR count). The van der Waals surface area contributed by atoms with Crippen molar-refractivity contribution in [3.63, 3.8) is 0 Å². The van der Waals surface area contributed by atoms with Gasteiger partial charge in [0.15, 0.2) is 5.65 Å². The molecule has 4 N–H and O–H groups in total. The van der Waals surface area contributed by atoms with Crippen molar-refractivity contribution in [2.24, 2.45) is 5.73 Å². The molecule has 1 aliphatic rings. The summed E-state index contributed by atoms with van der Waals surface area (Å²) in [5, 5.41) is 23.4. The highest BCUT2D eigenvalue weighted by Crippen LogP contribution is 2.34. The lowest BCUT2D eigenvalue weighted by molar-refractivity contribution is 0.0988. The maximum Gasteiger partial charge on any atom is 0.267 e. The molecule has 0 spiro atoms. The zero-order valence-corrected chi connectivity index (χ0v) is 20.1. The number of H-pyrrole nitrogens is 1. The molecule has 12 heteroatoms. The number of primary amides is 1. The number of aliphatic hydroxyl groups is 1. The van der Waals surface area contributed by atoms with E-state index in [1.165, 1.54) is 6.20 Å². The van der Waals surface area contributed by atoms with E-state index in [0.717, 1.165) is 16.5 Å². The fourth-order valence-electron chi connectivity index (χ4n) is 5.03. The number of hydrogen-bond acceptors (Lipinski definition) is 9. The molecule has 0 radical (unpaired) electrons. The second-order valence-electron chi connectivity index (χ2n) is 8.92. The summed E-state index contributed by atoms with van der Waals surface area (Å²) in [6.45, 7) is 3.42. The molecule has 188 valence electrons. The molecule has 0 aromatic carbocycles. The van der Waals surface area contributed by atoms with Gasteiger partial charge in [-0.15, -0.1) is 5.10 Å². The lowest BCUT2D eigenvalue weighted by atomic mass is 9.86. The van der Waals surface area contributed by atoms with Crippen LogP contribution in [0, 0.1) is 0 Å². The maximum absolute atomic E-state index is 11.8. The van der Waals surface area contributed by atoms with E-state index in [1.807, 2.05) is 24.1 Å². The van der Waals surface area contributed by atoms with E-state index in [-0.39, 0.29) is 11.6 Å². The van der Waals surface area contributed by atoms with Crippen LogP contribution in [0.1, 0.15) is 35.3 Å². The number of carbonyl (C=O) groups is 1. The molecule has 12 nitrogen and oxygen atoms in total. The number of nitrogens with one attached hydrogen (secondary N) is 1. The lowest BCUT2D eigenvalue weighted by Crippen LogP contribution is -2.43. The number of anilines is 1. The molecule has 0 aliphatic carbocycles. The predicted octanol–water partition coefficient (Wildman–Crippen LogP) is 1.91. The van der Waals surface area contributed by atoms with E-state index in [1.54, 1.807) is 35.2 Å². The Morgan fingerprint density at radius 2 is 2.16 bits per heavy atom. The average molecular weight is 500 g/mol. The van der Waals surface area contributed by atoms with Crippen LogP contribution in [0.3, 0.4) is 0 Å². The van der Waals surface area contributed by atoms with Crippen LogP contribution >= 0.6 is 0 Å². The molecule has 37 heavy (non-hydrogen) atoms. The molecule has 0 unspecified atom stereocenters. The van der Waals surface area contributed by atoms with Crippen molar-refractivity contribution in [2.45, 2.75) is 25.4 Å². The summed E-state index contributed by atoms with van der Waals surface area (Å²) in [5.41, 5.74) is 9.38. The third-order valence-corrected chi connectivity index (χ3v) is 6.71. The molecule has 2 atom stereocenters. The van der Waals surface area contributed by atoms with Gasteiger partial charge in [0.1, 0.15) is 17.3 Å². The van der Waals surface area contributed by atoms with E-state index in [9.17, 15) is 9.90 Å². The Balaban J connectivity index is 1.28. The Kier molecular flexibility index (Phi) is 5.64. The quantitative estimate of drug-likeness (QED) is 0.317. The topological polar surface area (TPSA) is 160 Å². The van der Waals surface area contributed by atoms with Gasteiger partial charge in [-0.2, -0.15) is 5.10 Å². The number of rotatable bonds is 6. The monoisotopic (exact) mass is 499 g/mol. The number of ether oxygens (including phenoxy) is 1. The summed E-state index contributed by atoms with van der Waals surface area (Å²) in [6, 6.07) is 5.48. The first-order valence-electron chi connectivity index (χ1n) is 12.0. The third-order valence-electron chi connectivity index (χ3n) is 6.71. The zero-order valence-electron chi connectivity index (χ0n) is 20.1. The van der Waals surface area contributed by atoms with E-state index >= 15 is 0 Å². The normalized spacial score (nSPS) is 17.9. The summed E-state index contributed by atoms with van der Waals surface area (Å²) >= 11 is 0. The van der Waals surface area contributed by atoms with Crippen molar-refractivity contribution in [2.75, 3.05) is 24.6 Å². The molecule has 5 aromatic rings. The molecule has 0 saturated carbocycles. The SMILES string of the molecule is CCOc1cc(-c2cnc(N3CC[C@@H](c4cccnc4C(N)=O)[C@H](O)C3)cn2)c2c3cn[nH]c3nn2c1. The van der Waals surface area contributed by atoms with Crippen LogP contribution in [-0.4, -0.2) is 71.6 Å². The number of aromatic nitrogens is 7. The van der Waals surface area contributed by atoms with E-state index in [2.05, 4.69) is 25.3 Å². The number of nitrogens with zero attached hydrogens (tertiary/aromatic N) is 7. The molecule has 0 bridgehead atoms. The molecule has 1 fully saturated rings. The number of aromatic amines is 1. The highest BCUT2D eigenvalue weighted by molar-refractivity contribution is 6.00. The molecule has 1 amide bonds. The summed E-state index contributed by atoms with van der Waals surface area (Å²) in [5.74, 6) is 0.486. The number of pyridine rings is 2. The largest absolute Gasteiger partial charge is 0.492 e. The number of β-amino-alcohol motifs (C(OH)–C–C–N with tert-alkyl or cyclic N) is 1. The van der Waals surface area contributed by atoms with Crippen LogP contribution < -0.4 is 15.4 Å². The summed E-state index contributed by atoms with van der Waals surface area (Å²) in [6.07, 6.45) is 8.40. The number of amides is 1. The van der Waals surface area contributed by atoms with Crippen LogP contribution in [0.2, 0.25) is 0 Å². The molecular weight excluding hydrogens is 474 g/mol. The van der Waals surface area contributed by atoms with E-state index in [0.29, 0.717) is 54.6 Å². The Bertz CT molecular complexity index is 1590. The maximum atomic E-state index is 11.8. The molecule has 6 heterocycles. The van der Waals surface area contributed by atoms with Crippen LogP contribution in [0.25, 0.3) is 27.8 Å². The fraction of sp³-hybridized carbons (Fsp3) is 0.280. The Labute approximate surface area is 211 Å². The van der Waals surface area contributed by atoms with E-state index < -0.39 is 12.0 Å².